The zero-order valence-electron chi connectivity index (χ0n) is 9.34. The van der Waals surface area contributed by atoms with Gasteiger partial charge in [0.25, 0.3) is 0 Å². The average Bonchev–Trinajstić information content (AvgIpc) is 2.16. The molecule has 1 rings (SSSR count). The summed E-state index contributed by atoms with van der Waals surface area (Å²) in [6, 6.07) is -0.568. The molecule has 102 valence electrons. The van der Waals surface area contributed by atoms with E-state index in [4.69, 9.17) is 4.74 Å². The Morgan fingerprint density at radius 2 is 2.18 bits per heavy atom. The number of hydrogen-bond acceptors (Lipinski definition) is 3. The molecular weight excluding hydrogens is 261 g/mol. The van der Waals surface area contributed by atoms with Crippen molar-refractivity contribution in [1.29, 1.82) is 0 Å². The molecule has 4 nitrogen and oxygen atoms in total. The monoisotopic (exact) mass is 276 g/mol. The van der Waals surface area contributed by atoms with Gasteiger partial charge < -0.3 is 15.4 Å². The molecule has 0 radical (unpaired) electrons. The van der Waals surface area contributed by atoms with E-state index in [2.05, 4.69) is 10.6 Å². The summed E-state index contributed by atoms with van der Waals surface area (Å²) >= 11 is 0. The summed E-state index contributed by atoms with van der Waals surface area (Å²) in [6.07, 6.45) is -5.57. The van der Waals surface area contributed by atoms with Crippen LogP contribution in [0.5, 0.6) is 0 Å². The van der Waals surface area contributed by atoms with Crippen molar-refractivity contribution in [1.82, 2.24) is 10.6 Å². The molecule has 2 N–H and O–H groups in total. The largest absolute Gasteiger partial charge is 0.390 e. The van der Waals surface area contributed by atoms with Gasteiger partial charge in [0, 0.05) is 13.1 Å². The number of alkyl halides is 3. The molecule has 2 atom stereocenters. The van der Waals surface area contributed by atoms with Gasteiger partial charge in [-0.25, -0.2) is 0 Å². The molecule has 8 heteroatoms. The minimum atomic E-state index is -4.24. The first-order chi connectivity index (χ1) is 7.40. The van der Waals surface area contributed by atoms with E-state index in [1.807, 2.05) is 0 Å². The number of nitrogens with one attached hydrogen (secondary N) is 2. The highest BCUT2D eigenvalue weighted by molar-refractivity contribution is 5.85. The van der Waals surface area contributed by atoms with Crippen molar-refractivity contribution in [3.05, 3.63) is 0 Å². The first kappa shape index (κ1) is 16.5. The first-order valence-corrected chi connectivity index (χ1v) is 5.09. The molecule has 1 saturated heterocycles. The molecule has 0 aliphatic carbocycles. The van der Waals surface area contributed by atoms with Crippen LogP contribution in [0, 0.1) is 0 Å². The molecule has 0 spiro atoms. The van der Waals surface area contributed by atoms with E-state index in [-0.39, 0.29) is 18.5 Å². The van der Waals surface area contributed by atoms with E-state index in [1.54, 1.807) is 6.92 Å². The second-order valence-electron chi connectivity index (χ2n) is 3.66. The van der Waals surface area contributed by atoms with Crippen molar-refractivity contribution >= 4 is 18.3 Å². The molecule has 1 heterocycles. The van der Waals surface area contributed by atoms with Crippen LogP contribution < -0.4 is 10.6 Å². The third-order valence-electron chi connectivity index (χ3n) is 2.31. The molecular formula is C9H16ClF3N2O2. The third kappa shape index (κ3) is 6.09. The Kier molecular flexibility index (Phi) is 6.81. The van der Waals surface area contributed by atoms with E-state index < -0.39 is 31.1 Å². The van der Waals surface area contributed by atoms with Crippen LogP contribution in [0.15, 0.2) is 0 Å². The van der Waals surface area contributed by atoms with Crippen LogP contribution in [-0.2, 0) is 9.53 Å². The molecule has 1 amide bonds. The van der Waals surface area contributed by atoms with Gasteiger partial charge in [-0.3, -0.25) is 4.79 Å². The fourth-order valence-corrected chi connectivity index (χ4v) is 1.46. The van der Waals surface area contributed by atoms with E-state index in [1.165, 1.54) is 0 Å². The lowest BCUT2D eigenvalue weighted by molar-refractivity contribution is -0.137. The predicted molar refractivity (Wildman–Crippen MR) is 58.1 cm³/mol. The number of hydrogen-bond donors (Lipinski definition) is 2. The maximum atomic E-state index is 11.8. The highest BCUT2D eigenvalue weighted by Crippen LogP contribution is 2.18. The smallest absolute Gasteiger partial charge is 0.375 e. The number of morpholine rings is 1. The van der Waals surface area contributed by atoms with Crippen LogP contribution >= 0.6 is 12.4 Å². The van der Waals surface area contributed by atoms with Crippen LogP contribution in [0.3, 0.4) is 0 Å². The standard InChI is InChI=1S/C9H15F3N2O2.ClH/c1-6-7(13-4-5-16-6)8(15)14-3-2-9(10,11)12;/h6-7,13H,2-5H2,1H3,(H,14,15);1H/t6-,7+;/m1./s1. The van der Waals surface area contributed by atoms with Gasteiger partial charge in [-0.15, -0.1) is 12.4 Å². The van der Waals surface area contributed by atoms with Gasteiger partial charge in [0.1, 0.15) is 6.04 Å². The summed E-state index contributed by atoms with van der Waals surface area (Å²) in [4.78, 5) is 11.5. The Morgan fingerprint density at radius 3 is 2.71 bits per heavy atom. The number of carbonyl (C=O) groups is 1. The van der Waals surface area contributed by atoms with Crippen LogP contribution in [-0.4, -0.2) is 43.9 Å². The molecule has 17 heavy (non-hydrogen) atoms. The van der Waals surface area contributed by atoms with Crippen molar-refractivity contribution < 1.29 is 22.7 Å². The zero-order valence-corrected chi connectivity index (χ0v) is 10.2. The fourth-order valence-electron chi connectivity index (χ4n) is 1.46. The summed E-state index contributed by atoms with van der Waals surface area (Å²) in [5.74, 6) is -0.448. The number of carbonyl (C=O) groups excluding carboxylic acids is 1. The Labute approximate surface area is 104 Å². The minimum Gasteiger partial charge on any atom is -0.375 e. The van der Waals surface area contributed by atoms with Gasteiger partial charge >= 0.3 is 6.18 Å². The molecule has 0 saturated carbocycles. The average molecular weight is 277 g/mol. The van der Waals surface area contributed by atoms with Crippen molar-refractivity contribution in [3.63, 3.8) is 0 Å². The Hall–Kier alpha value is -0.530. The van der Waals surface area contributed by atoms with Gasteiger partial charge in [0.15, 0.2) is 0 Å². The molecule has 0 aromatic carbocycles. The molecule has 1 aliphatic rings. The molecule has 1 aliphatic heterocycles. The van der Waals surface area contributed by atoms with E-state index in [0.29, 0.717) is 13.2 Å². The van der Waals surface area contributed by atoms with Gasteiger partial charge in [-0.1, -0.05) is 0 Å². The molecule has 0 bridgehead atoms. The Bertz CT molecular complexity index is 251. The Morgan fingerprint density at radius 1 is 1.53 bits per heavy atom. The molecule has 0 unspecified atom stereocenters. The van der Waals surface area contributed by atoms with Crippen LogP contribution in [0.4, 0.5) is 13.2 Å². The lowest BCUT2D eigenvalue weighted by atomic mass is 10.1. The van der Waals surface area contributed by atoms with Crippen molar-refractivity contribution in [3.8, 4) is 0 Å². The second kappa shape index (κ2) is 7.03. The second-order valence-corrected chi connectivity index (χ2v) is 3.66. The van der Waals surface area contributed by atoms with Crippen molar-refractivity contribution in [2.45, 2.75) is 31.7 Å². The Balaban J connectivity index is 0.00000256. The summed E-state index contributed by atoms with van der Waals surface area (Å²) < 4.78 is 40.7. The SMILES string of the molecule is C[C@H]1OCCN[C@@H]1C(=O)NCCC(F)(F)F.Cl. The maximum Gasteiger partial charge on any atom is 0.390 e. The first-order valence-electron chi connectivity index (χ1n) is 5.09. The number of ether oxygens (including phenoxy) is 1. The summed E-state index contributed by atoms with van der Waals surface area (Å²) in [6.45, 7) is 2.35. The van der Waals surface area contributed by atoms with Gasteiger partial charge in [0.05, 0.1) is 19.1 Å². The molecule has 0 aromatic rings. The quantitative estimate of drug-likeness (QED) is 0.804. The summed E-state index contributed by atoms with van der Waals surface area (Å²) in [7, 11) is 0. The van der Waals surface area contributed by atoms with Gasteiger partial charge in [-0.05, 0) is 6.92 Å². The predicted octanol–water partition coefficient (Wildman–Crippen LogP) is 0.854. The fraction of sp³-hybridized carbons (Fsp3) is 0.889. The lowest BCUT2D eigenvalue weighted by Crippen LogP contribution is -2.55. The molecule has 1 fully saturated rings. The highest BCUT2D eigenvalue weighted by Gasteiger charge is 2.30. The minimum absolute atomic E-state index is 0. The maximum absolute atomic E-state index is 11.8. The van der Waals surface area contributed by atoms with E-state index in [0.717, 1.165) is 0 Å². The van der Waals surface area contributed by atoms with Crippen LogP contribution in [0.2, 0.25) is 0 Å². The lowest BCUT2D eigenvalue weighted by Gasteiger charge is -2.29. The third-order valence-corrected chi connectivity index (χ3v) is 2.31. The van der Waals surface area contributed by atoms with Gasteiger partial charge in [0.2, 0.25) is 5.91 Å². The van der Waals surface area contributed by atoms with Crippen LogP contribution in [0.25, 0.3) is 0 Å². The number of halogens is 4. The summed E-state index contributed by atoms with van der Waals surface area (Å²) in [5, 5.41) is 5.14. The van der Waals surface area contributed by atoms with Crippen LogP contribution in [0.1, 0.15) is 13.3 Å². The van der Waals surface area contributed by atoms with Gasteiger partial charge in [-0.2, -0.15) is 13.2 Å². The highest BCUT2D eigenvalue weighted by atomic mass is 35.5. The number of rotatable bonds is 3. The molecule has 0 aromatic heterocycles. The van der Waals surface area contributed by atoms with E-state index >= 15 is 0 Å². The van der Waals surface area contributed by atoms with Crippen molar-refractivity contribution in [2.75, 3.05) is 19.7 Å². The normalized spacial score (nSPS) is 24.9. The van der Waals surface area contributed by atoms with E-state index in [9.17, 15) is 18.0 Å². The summed E-state index contributed by atoms with van der Waals surface area (Å²) in [5.41, 5.74) is 0. The van der Waals surface area contributed by atoms with Crippen molar-refractivity contribution in [2.24, 2.45) is 0 Å². The number of amides is 1. The zero-order chi connectivity index (χ0) is 12.2. The topological polar surface area (TPSA) is 50.4 Å².